The first-order valence-electron chi connectivity index (χ1n) is 4.23. The van der Waals surface area contributed by atoms with E-state index in [9.17, 15) is 28.1 Å². The molecule has 0 fully saturated rings. The van der Waals surface area contributed by atoms with Crippen LogP contribution >= 0.6 is 0 Å². The molecule has 0 saturated carbocycles. The molecule has 18 heavy (non-hydrogen) atoms. The average molecular weight is 266 g/mol. The van der Waals surface area contributed by atoms with Crippen molar-refractivity contribution < 1.29 is 32.4 Å². The van der Waals surface area contributed by atoms with E-state index in [1.54, 1.807) is 0 Å². The molecule has 0 aliphatic carbocycles. The number of nitro groups is 1. The standard InChI is InChI=1S/C8H5F3N2O5/c1-17-7-5(18-8(9,10)11)2-4(3-14)6(12-7)13(15)16/h2-3H,1H3. The molecule has 0 unspecified atom stereocenters. The molecule has 1 aromatic rings. The summed E-state index contributed by atoms with van der Waals surface area (Å²) in [5.74, 6) is -2.60. The Hall–Kier alpha value is -2.39. The number of hydrogen-bond donors (Lipinski definition) is 0. The lowest BCUT2D eigenvalue weighted by atomic mass is 10.2. The van der Waals surface area contributed by atoms with Gasteiger partial charge in [-0.15, -0.1) is 13.2 Å². The van der Waals surface area contributed by atoms with Gasteiger partial charge in [0.25, 0.3) is 0 Å². The Morgan fingerprint density at radius 3 is 2.50 bits per heavy atom. The fourth-order valence-electron chi connectivity index (χ4n) is 1.06. The van der Waals surface area contributed by atoms with Crippen LogP contribution in [0.2, 0.25) is 0 Å². The highest BCUT2D eigenvalue weighted by atomic mass is 19.4. The van der Waals surface area contributed by atoms with Crippen LogP contribution in [-0.4, -0.2) is 29.7 Å². The van der Waals surface area contributed by atoms with E-state index in [0.717, 1.165) is 7.11 Å². The summed E-state index contributed by atoms with van der Waals surface area (Å²) in [5, 5.41) is 10.5. The summed E-state index contributed by atoms with van der Waals surface area (Å²) >= 11 is 0. The Balaban J connectivity index is 3.35. The number of carbonyl (C=O) groups excluding carboxylic acids is 1. The number of aromatic nitrogens is 1. The largest absolute Gasteiger partial charge is 0.573 e. The second kappa shape index (κ2) is 4.85. The zero-order valence-electron chi connectivity index (χ0n) is 8.72. The van der Waals surface area contributed by atoms with Crippen LogP contribution in [0.5, 0.6) is 11.6 Å². The van der Waals surface area contributed by atoms with Gasteiger partial charge in [0.2, 0.25) is 5.75 Å². The van der Waals surface area contributed by atoms with Crippen LogP contribution < -0.4 is 9.47 Å². The minimum atomic E-state index is -5.04. The Kier molecular flexibility index (Phi) is 3.69. The monoisotopic (exact) mass is 266 g/mol. The lowest BCUT2D eigenvalue weighted by molar-refractivity contribution is -0.389. The maximum atomic E-state index is 12.0. The molecular weight excluding hydrogens is 261 g/mol. The quantitative estimate of drug-likeness (QED) is 0.468. The highest BCUT2D eigenvalue weighted by Crippen LogP contribution is 2.33. The summed E-state index contributed by atoms with van der Waals surface area (Å²) in [5.41, 5.74) is -0.653. The van der Waals surface area contributed by atoms with Crippen LogP contribution in [0.3, 0.4) is 0 Å². The van der Waals surface area contributed by atoms with Gasteiger partial charge in [0.15, 0.2) is 6.29 Å². The molecule has 0 N–H and O–H groups in total. The average Bonchev–Trinajstić information content (AvgIpc) is 2.25. The number of ether oxygens (including phenoxy) is 2. The molecule has 1 rings (SSSR count). The molecule has 0 aliphatic rings. The van der Waals surface area contributed by atoms with Crippen molar-refractivity contribution in [2.24, 2.45) is 0 Å². The van der Waals surface area contributed by atoms with E-state index in [4.69, 9.17) is 0 Å². The number of aldehydes is 1. The highest BCUT2D eigenvalue weighted by molar-refractivity contribution is 5.81. The molecule has 0 bridgehead atoms. The van der Waals surface area contributed by atoms with E-state index in [-0.39, 0.29) is 6.29 Å². The van der Waals surface area contributed by atoms with Gasteiger partial charge < -0.3 is 19.6 Å². The molecule has 1 heterocycles. The van der Waals surface area contributed by atoms with E-state index in [0.29, 0.717) is 6.07 Å². The maximum Gasteiger partial charge on any atom is 0.573 e. The van der Waals surface area contributed by atoms with Gasteiger partial charge in [0.05, 0.1) is 7.11 Å². The SMILES string of the molecule is COc1nc([N+](=O)[O-])c(C=O)cc1OC(F)(F)F. The van der Waals surface area contributed by atoms with E-state index in [1.807, 2.05) is 0 Å². The van der Waals surface area contributed by atoms with Gasteiger partial charge in [-0.1, -0.05) is 0 Å². The number of nitrogens with zero attached hydrogens (tertiary/aromatic N) is 2. The van der Waals surface area contributed by atoms with E-state index in [2.05, 4.69) is 14.5 Å². The van der Waals surface area contributed by atoms with E-state index < -0.39 is 34.3 Å². The number of hydrogen-bond acceptors (Lipinski definition) is 6. The summed E-state index contributed by atoms with van der Waals surface area (Å²) < 4.78 is 44.0. The molecule has 10 heteroatoms. The smallest absolute Gasteiger partial charge is 0.460 e. The summed E-state index contributed by atoms with van der Waals surface area (Å²) in [6.45, 7) is 0. The predicted octanol–water partition coefficient (Wildman–Crippen LogP) is 1.71. The second-order valence-corrected chi connectivity index (χ2v) is 2.83. The third-order valence-corrected chi connectivity index (χ3v) is 1.68. The molecular formula is C8H5F3N2O5. The third kappa shape index (κ3) is 3.06. The number of carbonyl (C=O) groups is 1. The van der Waals surface area contributed by atoms with Crippen LogP contribution in [0.4, 0.5) is 19.0 Å². The number of methoxy groups -OCH3 is 1. The first-order chi connectivity index (χ1) is 8.28. The number of rotatable bonds is 4. The Morgan fingerprint density at radius 2 is 2.11 bits per heavy atom. The van der Waals surface area contributed by atoms with E-state index in [1.165, 1.54) is 0 Å². The van der Waals surface area contributed by atoms with Crippen molar-refractivity contribution in [3.05, 3.63) is 21.7 Å². The summed E-state index contributed by atoms with van der Waals surface area (Å²) in [4.78, 5) is 23.2. The van der Waals surface area contributed by atoms with Crippen molar-refractivity contribution >= 4 is 12.1 Å². The fourth-order valence-corrected chi connectivity index (χ4v) is 1.06. The maximum absolute atomic E-state index is 12.0. The molecule has 0 saturated heterocycles. The van der Waals surface area contributed by atoms with Crippen LogP contribution in [0.15, 0.2) is 6.07 Å². The van der Waals surface area contributed by atoms with Crippen molar-refractivity contribution in [1.29, 1.82) is 0 Å². The Bertz CT molecular complexity index is 488. The first-order valence-corrected chi connectivity index (χ1v) is 4.23. The zero-order chi connectivity index (χ0) is 13.9. The summed E-state index contributed by atoms with van der Waals surface area (Å²) in [6, 6.07) is 0.532. The van der Waals surface area contributed by atoms with Crippen LogP contribution in [0, 0.1) is 10.1 Å². The predicted molar refractivity (Wildman–Crippen MR) is 49.5 cm³/mol. The number of alkyl halides is 3. The fraction of sp³-hybridized carbons (Fsp3) is 0.250. The van der Waals surface area contributed by atoms with Crippen molar-refractivity contribution in [2.75, 3.05) is 7.11 Å². The normalized spacial score (nSPS) is 10.9. The minimum absolute atomic E-state index is 0.00614. The van der Waals surface area contributed by atoms with Crippen LogP contribution in [-0.2, 0) is 0 Å². The third-order valence-electron chi connectivity index (χ3n) is 1.68. The molecule has 98 valence electrons. The minimum Gasteiger partial charge on any atom is -0.460 e. The van der Waals surface area contributed by atoms with Crippen LogP contribution in [0.1, 0.15) is 10.4 Å². The summed E-state index contributed by atoms with van der Waals surface area (Å²) in [6.07, 6.45) is -5.04. The Morgan fingerprint density at radius 1 is 1.50 bits per heavy atom. The topological polar surface area (TPSA) is 91.6 Å². The van der Waals surface area contributed by atoms with Crippen molar-refractivity contribution in [3.8, 4) is 11.6 Å². The second-order valence-electron chi connectivity index (χ2n) is 2.83. The molecule has 0 amide bonds. The molecule has 0 aliphatic heterocycles. The number of pyridine rings is 1. The van der Waals surface area contributed by atoms with Gasteiger partial charge in [-0.05, 0) is 4.92 Å². The van der Waals surface area contributed by atoms with Crippen LogP contribution in [0.25, 0.3) is 0 Å². The molecule has 0 aromatic carbocycles. The van der Waals surface area contributed by atoms with Gasteiger partial charge in [-0.2, -0.15) is 0 Å². The lowest BCUT2D eigenvalue weighted by Gasteiger charge is -2.09. The van der Waals surface area contributed by atoms with Gasteiger partial charge in [0.1, 0.15) is 5.56 Å². The summed E-state index contributed by atoms with van der Waals surface area (Å²) in [7, 11) is 0.954. The highest BCUT2D eigenvalue weighted by Gasteiger charge is 2.35. The zero-order valence-corrected chi connectivity index (χ0v) is 8.72. The van der Waals surface area contributed by atoms with Gasteiger partial charge in [-0.25, -0.2) is 0 Å². The van der Waals surface area contributed by atoms with Crippen molar-refractivity contribution in [1.82, 2.24) is 4.98 Å². The lowest BCUT2D eigenvalue weighted by Crippen LogP contribution is -2.18. The molecule has 7 nitrogen and oxygen atoms in total. The van der Waals surface area contributed by atoms with Crippen molar-refractivity contribution in [3.63, 3.8) is 0 Å². The molecule has 0 radical (unpaired) electrons. The first kappa shape index (κ1) is 13.7. The van der Waals surface area contributed by atoms with Crippen molar-refractivity contribution in [2.45, 2.75) is 6.36 Å². The Labute approximate surface area is 97.3 Å². The van der Waals surface area contributed by atoms with E-state index >= 15 is 0 Å². The van der Waals surface area contributed by atoms with Gasteiger partial charge in [0, 0.05) is 11.1 Å². The van der Waals surface area contributed by atoms with Gasteiger partial charge in [-0.3, -0.25) is 4.79 Å². The molecule has 0 atom stereocenters. The molecule has 0 spiro atoms. The number of halogens is 3. The molecule has 1 aromatic heterocycles. The van der Waals surface area contributed by atoms with Gasteiger partial charge >= 0.3 is 18.1 Å².